The Morgan fingerprint density at radius 1 is 1.19 bits per heavy atom. The number of pyridine rings is 1. The molecular weight excluding hydrogens is 353 g/mol. The first-order valence-corrected chi connectivity index (χ1v) is 7.72. The van der Waals surface area contributed by atoms with Crippen LogP contribution in [-0.2, 0) is 6.18 Å². The number of carbonyl (C=O) groups is 1. The summed E-state index contributed by atoms with van der Waals surface area (Å²) in [5, 5.41) is 0. The Labute approximate surface area is 146 Å². The maximum Gasteiger partial charge on any atom is 0.433 e. The summed E-state index contributed by atoms with van der Waals surface area (Å²) in [6.45, 7) is 0.687. The smallest absolute Gasteiger partial charge is 0.433 e. The minimum absolute atomic E-state index is 0.0933. The first-order valence-electron chi connectivity index (χ1n) is 7.72. The van der Waals surface area contributed by atoms with Crippen molar-refractivity contribution in [3.05, 3.63) is 42.0 Å². The summed E-state index contributed by atoms with van der Waals surface area (Å²) < 4.78 is 48.4. The van der Waals surface area contributed by atoms with E-state index in [0.717, 1.165) is 18.3 Å². The van der Waals surface area contributed by atoms with Crippen LogP contribution in [0.15, 0.2) is 30.7 Å². The maximum absolute atomic E-state index is 12.5. The Hall–Kier alpha value is -2.91. The number of ether oxygens (including phenoxy) is 2. The fourth-order valence-corrected chi connectivity index (χ4v) is 2.57. The van der Waals surface area contributed by atoms with Gasteiger partial charge in [0, 0.05) is 31.6 Å². The van der Waals surface area contributed by atoms with Crippen molar-refractivity contribution in [2.75, 3.05) is 20.2 Å². The van der Waals surface area contributed by atoms with Gasteiger partial charge >= 0.3 is 6.18 Å². The van der Waals surface area contributed by atoms with Crippen molar-refractivity contribution in [2.24, 2.45) is 0 Å². The standard InChI is InChI=1S/C16H15F3N4O3/c1-25-13-14(21-6-5-20-13)26-11-4-7-23(9-11)15(24)10-2-3-12(22-8-10)16(17,18)19/h2-3,5-6,8,11H,4,7,9H2,1H3. The van der Waals surface area contributed by atoms with Gasteiger partial charge in [-0.1, -0.05) is 0 Å². The molecule has 1 aliphatic rings. The summed E-state index contributed by atoms with van der Waals surface area (Å²) >= 11 is 0. The van der Waals surface area contributed by atoms with Gasteiger partial charge < -0.3 is 14.4 Å². The summed E-state index contributed by atoms with van der Waals surface area (Å²) in [7, 11) is 1.44. The maximum atomic E-state index is 12.5. The van der Waals surface area contributed by atoms with Crippen LogP contribution in [0.25, 0.3) is 0 Å². The third-order valence-corrected chi connectivity index (χ3v) is 3.84. The number of carbonyl (C=O) groups excluding carboxylic acids is 1. The minimum Gasteiger partial charge on any atom is -0.477 e. The molecule has 2 aromatic heterocycles. The Morgan fingerprint density at radius 3 is 2.54 bits per heavy atom. The van der Waals surface area contributed by atoms with Crippen molar-refractivity contribution in [1.82, 2.24) is 19.9 Å². The molecule has 1 atom stereocenters. The molecule has 7 nitrogen and oxygen atoms in total. The van der Waals surface area contributed by atoms with E-state index in [1.807, 2.05) is 0 Å². The van der Waals surface area contributed by atoms with Crippen LogP contribution in [0.3, 0.4) is 0 Å². The van der Waals surface area contributed by atoms with E-state index < -0.39 is 17.8 Å². The van der Waals surface area contributed by atoms with Crippen molar-refractivity contribution < 1.29 is 27.4 Å². The van der Waals surface area contributed by atoms with Crippen molar-refractivity contribution in [2.45, 2.75) is 18.7 Å². The zero-order valence-electron chi connectivity index (χ0n) is 13.7. The number of rotatable bonds is 4. The Balaban J connectivity index is 1.64. The zero-order chi connectivity index (χ0) is 18.7. The molecule has 0 N–H and O–H groups in total. The lowest BCUT2D eigenvalue weighted by molar-refractivity contribution is -0.141. The Kier molecular flexibility index (Phi) is 4.92. The van der Waals surface area contributed by atoms with Crippen LogP contribution >= 0.6 is 0 Å². The van der Waals surface area contributed by atoms with Gasteiger partial charge in [0.15, 0.2) is 0 Å². The molecule has 2 aromatic rings. The molecule has 0 saturated carbocycles. The monoisotopic (exact) mass is 368 g/mol. The molecule has 1 saturated heterocycles. The van der Waals surface area contributed by atoms with Gasteiger partial charge in [0.25, 0.3) is 17.7 Å². The van der Waals surface area contributed by atoms with Gasteiger partial charge in [-0.25, -0.2) is 9.97 Å². The lowest BCUT2D eigenvalue weighted by Crippen LogP contribution is -2.31. The van der Waals surface area contributed by atoms with E-state index in [0.29, 0.717) is 13.0 Å². The number of nitrogens with zero attached hydrogens (tertiary/aromatic N) is 4. The van der Waals surface area contributed by atoms with Crippen LogP contribution in [-0.4, -0.2) is 52.1 Å². The first-order chi connectivity index (χ1) is 12.4. The molecule has 1 unspecified atom stereocenters. The third kappa shape index (κ3) is 3.84. The second kappa shape index (κ2) is 7.14. The number of aromatic nitrogens is 3. The van der Waals surface area contributed by atoms with E-state index in [9.17, 15) is 18.0 Å². The molecule has 0 bridgehead atoms. The van der Waals surface area contributed by atoms with Crippen LogP contribution in [0, 0.1) is 0 Å². The van der Waals surface area contributed by atoms with Crippen LogP contribution < -0.4 is 9.47 Å². The van der Waals surface area contributed by atoms with Crippen molar-refractivity contribution in [1.29, 1.82) is 0 Å². The summed E-state index contributed by atoms with van der Waals surface area (Å²) in [4.78, 5) is 25.3. The predicted octanol–water partition coefficient (Wildman–Crippen LogP) is 2.19. The summed E-state index contributed by atoms with van der Waals surface area (Å²) in [6.07, 6.45) is -0.432. The molecule has 1 amide bonds. The van der Waals surface area contributed by atoms with Gasteiger partial charge in [-0.05, 0) is 12.1 Å². The van der Waals surface area contributed by atoms with Crippen LogP contribution in [0.1, 0.15) is 22.5 Å². The van der Waals surface area contributed by atoms with E-state index in [-0.39, 0.29) is 30.0 Å². The van der Waals surface area contributed by atoms with Gasteiger partial charge in [-0.15, -0.1) is 0 Å². The minimum atomic E-state index is -4.54. The van der Waals surface area contributed by atoms with E-state index in [2.05, 4.69) is 15.0 Å². The van der Waals surface area contributed by atoms with E-state index in [1.165, 1.54) is 24.4 Å². The van der Waals surface area contributed by atoms with Crippen LogP contribution in [0.4, 0.5) is 13.2 Å². The summed E-state index contributed by atoms with van der Waals surface area (Å²) in [6, 6.07) is 1.92. The fourth-order valence-electron chi connectivity index (χ4n) is 2.57. The number of alkyl halides is 3. The van der Waals surface area contributed by atoms with E-state index in [4.69, 9.17) is 9.47 Å². The SMILES string of the molecule is COc1nccnc1OC1CCN(C(=O)c2ccc(C(F)(F)F)nc2)C1. The number of hydrogen-bond acceptors (Lipinski definition) is 6. The number of likely N-dealkylation sites (tertiary alicyclic amines) is 1. The molecule has 0 aliphatic carbocycles. The Morgan fingerprint density at radius 2 is 1.92 bits per heavy atom. The molecule has 3 heterocycles. The molecule has 138 valence electrons. The molecule has 26 heavy (non-hydrogen) atoms. The Bertz CT molecular complexity index is 783. The molecule has 0 spiro atoms. The van der Waals surface area contributed by atoms with Crippen LogP contribution in [0.2, 0.25) is 0 Å². The molecule has 10 heteroatoms. The average molecular weight is 368 g/mol. The third-order valence-electron chi connectivity index (χ3n) is 3.84. The van der Waals surface area contributed by atoms with Crippen molar-refractivity contribution in [3.8, 4) is 11.8 Å². The van der Waals surface area contributed by atoms with Gasteiger partial charge in [-0.3, -0.25) is 9.78 Å². The molecule has 0 aromatic carbocycles. The van der Waals surface area contributed by atoms with Gasteiger partial charge in [-0.2, -0.15) is 13.2 Å². The molecule has 1 aliphatic heterocycles. The highest BCUT2D eigenvalue weighted by atomic mass is 19.4. The lowest BCUT2D eigenvalue weighted by Gasteiger charge is -2.17. The first kappa shape index (κ1) is 17.9. The summed E-state index contributed by atoms with van der Waals surface area (Å²) in [5.74, 6) is 0.0677. The van der Waals surface area contributed by atoms with Gasteiger partial charge in [0.1, 0.15) is 11.8 Å². The normalized spacial score (nSPS) is 17.2. The van der Waals surface area contributed by atoms with Crippen molar-refractivity contribution >= 4 is 5.91 Å². The quantitative estimate of drug-likeness (QED) is 0.823. The van der Waals surface area contributed by atoms with E-state index >= 15 is 0 Å². The highest BCUT2D eigenvalue weighted by Crippen LogP contribution is 2.28. The number of methoxy groups -OCH3 is 1. The topological polar surface area (TPSA) is 77.4 Å². The highest BCUT2D eigenvalue weighted by Gasteiger charge is 2.33. The number of hydrogen-bond donors (Lipinski definition) is 0. The van der Waals surface area contributed by atoms with Gasteiger partial charge in [0.2, 0.25) is 0 Å². The van der Waals surface area contributed by atoms with Crippen molar-refractivity contribution in [3.63, 3.8) is 0 Å². The number of amides is 1. The highest BCUT2D eigenvalue weighted by molar-refractivity contribution is 5.94. The predicted molar refractivity (Wildman–Crippen MR) is 82.8 cm³/mol. The molecule has 3 rings (SSSR count). The second-order valence-electron chi connectivity index (χ2n) is 5.58. The largest absolute Gasteiger partial charge is 0.477 e. The van der Waals surface area contributed by atoms with Gasteiger partial charge in [0.05, 0.1) is 19.2 Å². The fraction of sp³-hybridized carbons (Fsp3) is 0.375. The summed E-state index contributed by atoms with van der Waals surface area (Å²) in [5.41, 5.74) is -0.942. The van der Waals surface area contributed by atoms with E-state index in [1.54, 1.807) is 0 Å². The lowest BCUT2D eigenvalue weighted by atomic mass is 10.2. The van der Waals surface area contributed by atoms with Crippen LogP contribution in [0.5, 0.6) is 11.8 Å². The molecule has 0 radical (unpaired) electrons. The molecular formula is C16H15F3N4O3. The number of halogens is 3. The second-order valence-corrected chi connectivity index (χ2v) is 5.58. The molecule has 1 fully saturated rings. The zero-order valence-corrected chi connectivity index (χ0v) is 13.7. The average Bonchev–Trinajstić information content (AvgIpc) is 3.09.